The van der Waals surface area contributed by atoms with Gasteiger partial charge in [0.25, 0.3) is 10.0 Å². The molecule has 1 N–H and O–H groups in total. The van der Waals surface area contributed by atoms with Gasteiger partial charge in [0, 0.05) is 10.2 Å². The van der Waals surface area contributed by atoms with Crippen LogP contribution in [0.4, 0.5) is 5.69 Å². The van der Waals surface area contributed by atoms with Crippen LogP contribution in [-0.2, 0) is 10.0 Å². The standard InChI is InChI=1S/C12H9BrN2O2S2/c1-8-2-3-9(6-11(8)13)15-19(16,17)12-5-4-10(7-14)18-12/h2-6,15H,1H3. The van der Waals surface area contributed by atoms with E-state index in [-0.39, 0.29) is 4.21 Å². The Morgan fingerprint density at radius 2 is 2.05 bits per heavy atom. The molecule has 7 heteroatoms. The van der Waals surface area contributed by atoms with E-state index < -0.39 is 10.0 Å². The Morgan fingerprint density at radius 1 is 1.32 bits per heavy atom. The predicted octanol–water partition coefficient (Wildman–Crippen LogP) is 3.49. The molecule has 0 atom stereocenters. The third-order valence-corrected chi connectivity index (χ3v) is 6.10. The second-order valence-electron chi connectivity index (χ2n) is 3.80. The van der Waals surface area contributed by atoms with Crippen LogP contribution in [0.3, 0.4) is 0 Å². The first-order chi connectivity index (χ1) is 8.92. The average Bonchev–Trinajstić information content (AvgIpc) is 2.83. The van der Waals surface area contributed by atoms with Crippen LogP contribution in [0.5, 0.6) is 0 Å². The summed E-state index contributed by atoms with van der Waals surface area (Å²) < 4.78 is 27.6. The zero-order chi connectivity index (χ0) is 14.0. The molecule has 0 aliphatic heterocycles. The van der Waals surface area contributed by atoms with Crippen LogP contribution in [0.2, 0.25) is 0 Å². The number of aryl methyl sites for hydroxylation is 1. The SMILES string of the molecule is Cc1ccc(NS(=O)(=O)c2ccc(C#N)s2)cc1Br. The van der Waals surface area contributed by atoms with Crippen LogP contribution < -0.4 is 4.72 Å². The summed E-state index contributed by atoms with van der Waals surface area (Å²) in [5.74, 6) is 0. The molecule has 2 rings (SSSR count). The van der Waals surface area contributed by atoms with E-state index in [0.717, 1.165) is 21.4 Å². The fourth-order valence-electron chi connectivity index (χ4n) is 1.39. The third-order valence-electron chi connectivity index (χ3n) is 2.38. The molecule has 0 unspecified atom stereocenters. The highest BCUT2D eigenvalue weighted by Gasteiger charge is 2.17. The first-order valence-electron chi connectivity index (χ1n) is 5.21. The highest BCUT2D eigenvalue weighted by atomic mass is 79.9. The largest absolute Gasteiger partial charge is 0.279 e. The van der Waals surface area contributed by atoms with Crippen LogP contribution in [0.15, 0.2) is 39.0 Å². The Labute approximate surface area is 123 Å². The van der Waals surface area contributed by atoms with Crippen molar-refractivity contribution in [2.24, 2.45) is 0 Å². The van der Waals surface area contributed by atoms with Crippen molar-refractivity contribution in [3.8, 4) is 6.07 Å². The summed E-state index contributed by atoms with van der Waals surface area (Å²) in [5.41, 5.74) is 1.50. The molecule has 0 bridgehead atoms. The maximum atomic E-state index is 12.1. The van der Waals surface area contributed by atoms with Gasteiger partial charge in [-0.15, -0.1) is 11.3 Å². The smallest absolute Gasteiger partial charge is 0.271 e. The third kappa shape index (κ3) is 3.15. The van der Waals surface area contributed by atoms with Crippen molar-refractivity contribution in [2.75, 3.05) is 4.72 Å². The molecular formula is C12H9BrN2O2S2. The van der Waals surface area contributed by atoms with Gasteiger partial charge in [-0.25, -0.2) is 8.42 Å². The van der Waals surface area contributed by atoms with Gasteiger partial charge in [-0.1, -0.05) is 22.0 Å². The average molecular weight is 357 g/mol. The number of sulfonamides is 1. The van der Waals surface area contributed by atoms with Gasteiger partial charge < -0.3 is 0 Å². The second-order valence-corrected chi connectivity index (χ2v) is 7.65. The van der Waals surface area contributed by atoms with Crippen molar-refractivity contribution in [1.82, 2.24) is 0 Å². The normalized spacial score (nSPS) is 11.0. The monoisotopic (exact) mass is 356 g/mol. The molecule has 1 aromatic heterocycles. The Balaban J connectivity index is 2.31. The Morgan fingerprint density at radius 3 is 2.63 bits per heavy atom. The van der Waals surface area contributed by atoms with Gasteiger partial charge in [-0.05, 0) is 36.8 Å². The lowest BCUT2D eigenvalue weighted by atomic mass is 10.2. The molecule has 0 fully saturated rings. The zero-order valence-electron chi connectivity index (χ0n) is 9.84. The van der Waals surface area contributed by atoms with Crippen LogP contribution >= 0.6 is 27.3 Å². The Bertz CT molecular complexity index is 760. The van der Waals surface area contributed by atoms with Crippen molar-refractivity contribution < 1.29 is 8.42 Å². The molecule has 0 spiro atoms. The van der Waals surface area contributed by atoms with E-state index >= 15 is 0 Å². The molecule has 0 aliphatic rings. The Hall–Kier alpha value is -1.36. The van der Waals surface area contributed by atoms with Crippen molar-refractivity contribution in [2.45, 2.75) is 11.1 Å². The number of thiophene rings is 1. The summed E-state index contributed by atoms with van der Waals surface area (Å²) in [7, 11) is -3.64. The fraction of sp³-hybridized carbons (Fsp3) is 0.0833. The van der Waals surface area contributed by atoms with E-state index in [0.29, 0.717) is 10.6 Å². The van der Waals surface area contributed by atoms with Gasteiger partial charge in [-0.2, -0.15) is 5.26 Å². The lowest BCUT2D eigenvalue weighted by molar-refractivity contribution is 0.603. The first kappa shape index (κ1) is 14.1. The number of hydrogen-bond acceptors (Lipinski definition) is 4. The van der Waals surface area contributed by atoms with E-state index in [1.54, 1.807) is 12.1 Å². The molecular weight excluding hydrogens is 348 g/mol. The molecule has 1 heterocycles. The number of nitrogens with zero attached hydrogens (tertiary/aromatic N) is 1. The minimum atomic E-state index is -3.64. The number of nitriles is 1. The number of rotatable bonds is 3. The minimum Gasteiger partial charge on any atom is -0.279 e. The number of halogens is 1. The van der Waals surface area contributed by atoms with Crippen LogP contribution in [0.25, 0.3) is 0 Å². The maximum absolute atomic E-state index is 12.1. The zero-order valence-corrected chi connectivity index (χ0v) is 13.1. The van der Waals surface area contributed by atoms with Crippen LogP contribution in [-0.4, -0.2) is 8.42 Å². The number of anilines is 1. The van der Waals surface area contributed by atoms with Gasteiger partial charge >= 0.3 is 0 Å². The van der Waals surface area contributed by atoms with Gasteiger partial charge in [0.05, 0.1) is 0 Å². The second kappa shape index (κ2) is 5.33. The fourth-order valence-corrected chi connectivity index (χ4v) is 3.92. The van der Waals surface area contributed by atoms with Gasteiger partial charge in [-0.3, -0.25) is 4.72 Å². The molecule has 0 saturated heterocycles. The van der Waals surface area contributed by atoms with Gasteiger partial charge in [0.15, 0.2) is 0 Å². The summed E-state index contributed by atoms with van der Waals surface area (Å²) in [6, 6.07) is 10.0. The molecule has 0 aliphatic carbocycles. The minimum absolute atomic E-state index is 0.126. The number of benzene rings is 1. The molecule has 98 valence electrons. The molecule has 2 aromatic rings. The molecule has 0 radical (unpaired) electrons. The van der Waals surface area contributed by atoms with E-state index in [2.05, 4.69) is 20.7 Å². The van der Waals surface area contributed by atoms with Gasteiger partial charge in [0.1, 0.15) is 15.2 Å². The van der Waals surface area contributed by atoms with E-state index in [9.17, 15) is 8.42 Å². The molecule has 0 saturated carbocycles. The van der Waals surface area contributed by atoms with E-state index in [1.165, 1.54) is 12.1 Å². The lowest BCUT2D eigenvalue weighted by Gasteiger charge is -2.07. The summed E-state index contributed by atoms with van der Waals surface area (Å²) in [6.45, 7) is 1.92. The number of nitrogens with one attached hydrogen (secondary N) is 1. The summed E-state index contributed by atoms with van der Waals surface area (Å²) in [4.78, 5) is 0.366. The summed E-state index contributed by atoms with van der Waals surface area (Å²) in [6.07, 6.45) is 0. The topological polar surface area (TPSA) is 70.0 Å². The van der Waals surface area contributed by atoms with Crippen molar-refractivity contribution in [3.63, 3.8) is 0 Å². The maximum Gasteiger partial charge on any atom is 0.271 e. The lowest BCUT2D eigenvalue weighted by Crippen LogP contribution is -2.11. The van der Waals surface area contributed by atoms with Crippen molar-refractivity contribution in [3.05, 3.63) is 45.2 Å². The van der Waals surface area contributed by atoms with Crippen LogP contribution in [0, 0.1) is 18.3 Å². The van der Waals surface area contributed by atoms with E-state index in [4.69, 9.17) is 5.26 Å². The number of hydrogen-bond donors (Lipinski definition) is 1. The summed E-state index contributed by atoms with van der Waals surface area (Å²) >= 11 is 4.29. The van der Waals surface area contributed by atoms with E-state index in [1.807, 2.05) is 19.1 Å². The van der Waals surface area contributed by atoms with Crippen molar-refractivity contribution in [1.29, 1.82) is 5.26 Å². The summed E-state index contributed by atoms with van der Waals surface area (Å²) in [5, 5.41) is 8.71. The quantitative estimate of drug-likeness (QED) is 0.914. The van der Waals surface area contributed by atoms with Gasteiger partial charge in [0.2, 0.25) is 0 Å². The van der Waals surface area contributed by atoms with Crippen molar-refractivity contribution >= 4 is 43.0 Å². The molecule has 4 nitrogen and oxygen atoms in total. The highest BCUT2D eigenvalue weighted by molar-refractivity contribution is 9.10. The highest BCUT2D eigenvalue weighted by Crippen LogP contribution is 2.26. The predicted molar refractivity (Wildman–Crippen MR) is 78.7 cm³/mol. The molecule has 1 aromatic carbocycles. The Kier molecular flexibility index (Phi) is 3.94. The van der Waals surface area contributed by atoms with Crippen LogP contribution in [0.1, 0.15) is 10.4 Å². The molecule has 0 amide bonds. The molecule has 19 heavy (non-hydrogen) atoms. The first-order valence-corrected chi connectivity index (χ1v) is 8.30.